The smallest absolute Gasteiger partial charge is 0.261 e. The molecule has 6 heteroatoms. The fraction of sp³-hybridized carbons (Fsp3) is 0.364. The fourth-order valence-corrected chi connectivity index (χ4v) is 3.89. The van der Waals surface area contributed by atoms with E-state index in [1.54, 1.807) is 23.0 Å². The number of fused-ring (bicyclic) bond motifs is 1. The van der Waals surface area contributed by atoms with E-state index in [4.69, 9.17) is 4.74 Å². The summed E-state index contributed by atoms with van der Waals surface area (Å²) < 4.78 is 5.21. The first-order chi connectivity index (χ1) is 13.7. The van der Waals surface area contributed by atoms with Crippen molar-refractivity contribution in [3.63, 3.8) is 0 Å². The van der Waals surface area contributed by atoms with Gasteiger partial charge in [0.1, 0.15) is 12.4 Å². The number of hydrogen-bond donors (Lipinski definition) is 0. The average molecular weight is 379 g/mol. The number of methoxy groups -OCH3 is 1. The lowest BCUT2D eigenvalue weighted by molar-refractivity contribution is -0.120. The summed E-state index contributed by atoms with van der Waals surface area (Å²) in [6.07, 6.45) is 3.51. The number of carbonyl (C=O) groups excluding carboxylic acids is 2. The largest absolute Gasteiger partial charge is 0.497 e. The van der Waals surface area contributed by atoms with Crippen molar-refractivity contribution in [2.45, 2.75) is 19.3 Å². The van der Waals surface area contributed by atoms with Crippen molar-refractivity contribution in [1.29, 1.82) is 0 Å². The van der Waals surface area contributed by atoms with E-state index in [1.165, 1.54) is 6.42 Å². The van der Waals surface area contributed by atoms with Crippen molar-refractivity contribution < 1.29 is 14.3 Å². The standard InChI is InChI=1S/C22H25N3O3/c1-28-18-11-9-17(10-12-18)24-16-25(20-8-4-3-7-19(20)22(24)27)21(26)15-23-13-5-2-6-14-23/h3-4,7-12H,2,5-6,13-16H2,1H3. The van der Waals surface area contributed by atoms with Crippen molar-refractivity contribution in [2.24, 2.45) is 0 Å². The van der Waals surface area contributed by atoms with Crippen LogP contribution in [0.25, 0.3) is 0 Å². The van der Waals surface area contributed by atoms with Crippen LogP contribution in [0.2, 0.25) is 0 Å². The first-order valence-electron chi connectivity index (χ1n) is 9.75. The van der Waals surface area contributed by atoms with Gasteiger partial charge in [-0.3, -0.25) is 24.3 Å². The Hall–Kier alpha value is -2.86. The molecule has 0 unspecified atom stereocenters. The first kappa shape index (κ1) is 18.5. The van der Waals surface area contributed by atoms with Crippen LogP contribution >= 0.6 is 0 Å². The quantitative estimate of drug-likeness (QED) is 0.819. The van der Waals surface area contributed by atoms with Gasteiger partial charge in [-0.15, -0.1) is 0 Å². The maximum atomic E-state index is 13.1. The van der Waals surface area contributed by atoms with Crippen LogP contribution in [0.15, 0.2) is 48.5 Å². The average Bonchev–Trinajstić information content (AvgIpc) is 2.75. The molecule has 0 saturated carbocycles. The number of nitrogens with zero attached hydrogens (tertiary/aromatic N) is 3. The second kappa shape index (κ2) is 8.02. The molecule has 2 amide bonds. The summed E-state index contributed by atoms with van der Waals surface area (Å²) in [6, 6.07) is 14.7. The molecule has 0 spiro atoms. The van der Waals surface area contributed by atoms with Crippen LogP contribution in [0.5, 0.6) is 5.75 Å². The second-order valence-corrected chi connectivity index (χ2v) is 7.25. The van der Waals surface area contributed by atoms with Crippen LogP contribution in [0.4, 0.5) is 11.4 Å². The summed E-state index contributed by atoms with van der Waals surface area (Å²) in [5, 5.41) is 0. The SMILES string of the molecule is COc1ccc(N2CN(C(=O)CN3CCCCC3)c3ccccc3C2=O)cc1. The number of piperidine rings is 1. The van der Waals surface area contributed by atoms with Crippen molar-refractivity contribution in [1.82, 2.24) is 4.90 Å². The van der Waals surface area contributed by atoms with E-state index in [1.807, 2.05) is 42.5 Å². The van der Waals surface area contributed by atoms with Crippen LogP contribution in [0.1, 0.15) is 29.6 Å². The zero-order valence-electron chi connectivity index (χ0n) is 16.1. The van der Waals surface area contributed by atoms with E-state index in [-0.39, 0.29) is 18.5 Å². The van der Waals surface area contributed by atoms with Crippen LogP contribution in [0, 0.1) is 0 Å². The molecule has 6 nitrogen and oxygen atoms in total. The van der Waals surface area contributed by atoms with Gasteiger partial charge >= 0.3 is 0 Å². The van der Waals surface area contributed by atoms with E-state index in [0.29, 0.717) is 17.8 Å². The number of anilines is 2. The molecular weight excluding hydrogens is 354 g/mol. The number of benzene rings is 2. The van der Waals surface area contributed by atoms with Crippen LogP contribution < -0.4 is 14.5 Å². The summed E-state index contributed by atoms with van der Waals surface area (Å²) in [6.45, 7) is 2.53. The van der Waals surface area contributed by atoms with E-state index >= 15 is 0 Å². The van der Waals surface area contributed by atoms with E-state index in [0.717, 1.165) is 37.4 Å². The number of ether oxygens (including phenoxy) is 1. The monoisotopic (exact) mass is 379 g/mol. The van der Waals surface area contributed by atoms with E-state index in [9.17, 15) is 9.59 Å². The van der Waals surface area contributed by atoms with Gasteiger partial charge in [0, 0.05) is 5.69 Å². The predicted octanol–water partition coefficient (Wildman–Crippen LogP) is 3.13. The maximum absolute atomic E-state index is 13.1. The van der Waals surface area contributed by atoms with Gasteiger partial charge in [-0.25, -0.2) is 0 Å². The Kier molecular flexibility index (Phi) is 5.30. The summed E-state index contributed by atoms with van der Waals surface area (Å²) in [4.78, 5) is 31.8. The lowest BCUT2D eigenvalue weighted by atomic mass is 10.1. The molecule has 1 saturated heterocycles. The fourth-order valence-electron chi connectivity index (χ4n) is 3.89. The van der Waals surface area contributed by atoms with Crippen molar-refractivity contribution in [3.05, 3.63) is 54.1 Å². The Morgan fingerprint density at radius 2 is 1.71 bits per heavy atom. The van der Waals surface area contributed by atoms with Gasteiger partial charge in [-0.05, 0) is 62.3 Å². The lowest BCUT2D eigenvalue weighted by Gasteiger charge is -2.38. The summed E-state index contributed by atoms with van der Waals surface area (Å²) >= 11 is 0. The minimum absolute atomic E-state index is 0.0281. The molecular formula is C22H25N3O3. The molecule has 0 radical (unpaired) electrons. The Morgan fingerprint density at radius 1 is 1.00 bits per heavy atom. The Labute approximate surface area is 165 Å². The van der Waals surface area contributed by atoms with E-state index < -0.39 is 0 Å². The minimum Gasteiger partial charge on any atom is -0.497 e. The molecule has 146 valence electrons. The summed E-state index contributed by atoms with van der Waals surface area (Å²) in [7, 11) is 1.61. The number of rotatable bonds is 4. The van der Waals surface area contributed by atoms with Gasteiger partial charge in [0.2, 0.25) is 5.91 Å². The molecule has 0 bridgehead atoms. The third-order valence-electron chi connectivity index (χ3n) is 5.45. The third kappa shape index (κ3) is 3.60. The van der Waals surface area contributed by atoms with Crippen molar-refractivity contribution >= 4 is 23.2 Å². The number of hydrogen-bond acceptors (Lipinski definition) is 4. The molecule has 2 aliphatic rings. The number of likely N-dealkylation sites (tertiary alicyclic amines) is 1. The molecule has 0 aliphatic carbocycles. The normalized spacial score (nSPS) is 17.4. The summed E-state index contributed by atoms with van der Waals surface area (Å²) in [5.41, 5.74) is 1.99. The molecule has 0 atom stereocenters. The van der Waals surface area contributed by atoms with Crippen molar-refractivity contribution in [3.8, 4) is 5.75 Å². The third-order valence-corrected chi connectivity index (χ3v) is 5.45. The maximum Gasteiger partial charge on any atom is 0.261 e. The zero-order valence-corrected chi connectivity index (χ0v) is 16.1. The molecule has 2 aromatic rings. The number of para-hydroxylation sites is 1. The first-order valence-corrected chi connectivity index (χ1v) is 9.75. The van der Waals surface area contributed by atoms with Gasteiger partial charge < -0.3 is 4.74 Å². The molecule has 1 fully saturated rings. The van der Waals surface area contributed by atoms with Gasteiger partial charge in [0.15, 0.2) is 0 Å². The highest BCUT2D eigenvalue weighted by Gasteiger charge is 2.33. The van der Waals surface area contributed by atoms with E-state index in [2.05, 4.69) is 4.90 Å². The highest BCUT2D eigenvalue weighted by atomic mass is 16.5. The molecule has 0 N–H and O–H groups in total. The zero-order chi connectivity index (χ0) is 19.5. The van der Waals surface area contributed by atoms with Gasteiger partial charge in [-0.1, -0.05) is 18.6 Å². The van der Waals surface area contributed by atoms with Crippen LogP contribution in [0.3, 0.4) is 0 Å². The van der Waals surface area contributed by atoms with Crippen LogP contribution in [-0.4, -0.2) is 50.1 Å². The van der Waals surface area contributed by atoms with Gasteiger partial charge in [0.05, 0.1) is 24.9 Å². The second-order valence-electron chi connectivity index (χ2n) is 7.25. The van der Waals surface area contributed by atoms with Crippen LogP contribution in [-0.2, 0) is 4.79 Å². The molecule has 4 rings (SSSR count). The molecule has 2 heterocycles. The number of amides is 2. The molecule has 0 aromatic heterocycles. The highest BCUT2D eigenvalue weighted by molar-refractivity contribution is 6.15. The summed E-state index contributed by atoms with van der Waals surface area (Å²) in [5.74, 6) is 0.662. The van der Waals surface area contributed by atoms with Gasteiger partial charge in [-0.2, -0.15) is 0 Å². The van der Waals surface area contributed by atoms with Gasteiger partial charge in [0.25, 0.3) is 5.91 Å². The molecule has 2 aliphatic heterocycles. The van der Waals surface area contributed by atoms with Crippen molar-refractivity contribution in [2.75, 3.05) is 43.2 Å². The minimum atomic E-state index is -0.0946. The Balaban J connectivity index is 1.62. The Morgan fingerprint density at radius 3 is 2.43 bits per heavy atom. The lowest BCUT2D eigenvalue weighted by Crippen LogP contribution is -2.52. The predicted molar refractivity (Wildman–Crippen MR) is 109 cm³/mol. The highest BCUT2D eigenvalue weighted by Crippen LogP contribution is 2.31. The number of carbonyl (C=O) groups is 2. The molecule has 28 heavy (non-hydrogen) atoms. The molecule has 2 aromatic carbocycles. The Bertz CT molecular complexity index is 860. The topological polar surface area (TPSA) is 53.1 Å².